The molecular formula is C10H19NO4S. The van der Waals surface area contributed by atoms with E-state index >= 15 is 0 Å². The molecule has 0 amide bonds. The van der Waals surface area contributed by atoms with Crippen molar-refractivity contribution in [3.8, 4) is 0 Å². The van der Waals surface area contributed by atoms with Gasteiger partial charge in [0.1, 0.15) is 15.9 Å². The summed E-state index contributed by atoms with van der Waals surface area (Å²) in [5.74, 6) is -0.568. The van der Waals surface area contributed by atoms with Crippen LogP contribution in [0.1, 0.15) is 20.3 Å². The van der Waals surface area contributed by atoms with Gasteiger partial charge in [-0.05, 0) is 20.3 Å². The smallest absolute Gasteiger partial charge is 0.163 e. The number of sulfone groups is 1. The van der Waals surface area contributed by atoms with Crippen molar-refractivity contribution in [1.29, 1.82) is 0 Å². The van der Waals surface area contributed by atoms with Gasteiger partial charge in [0.25, 0.3) is 0 Å². The van der Waals surface area contributed by atoms with Gasteiger partial charge in [-0.3, -0.25) is 0 Å². The minimum absolute atomic E-state index is 0.0447. The lowest BCUT2D eigenvalue weighted by atomic mass is 10.1. The van der Waals surface area contributed by atoms with E-state index in [1.54, 1.807) is 0 Å². The van der Waals surface area contributed by atoms with Crippen LogP contribution in [0.15, 0.2) is 0 Å². The fourth-order valence-electron chi connectivity index (χ4n) is 2.68. The van der Waals surface area contributed by atoms with Crippen molar-refractivity contribution in [2.75, 3.05) is 12.0 Å². The molecule has 0 aromatic carbocycles. The molecule has 1 aliphatic carbocycles. The average molecular weight is 249 g/mol. The summed E-state index contributed by atoms with van der Waals surface area (Å²) >= 11 is 0. The Kier molecular flexibility index (Phi) is 2.81. The maximum absolute atomic E-state index is 11.3. The van der Waals surface area contributed by atoms with Gasteiger partial charge >= 0.3 is 0 Å². The molecule has 0 spiro atoms. The van der Waals surface area contributed by atoms with Crippen molar-refractivity contribution in [2.45, 2.75) is 44.3 Å². The molecule has 94 valence electrons. The number of hydrogen-bond acceptors (Lipinski definition) is 5. The average Bonchev–Trinajstić information content (AvgIpc) is 2.48. The monoisotopic (exact) mass is 249 g/mol. The molecule has 6 heteroatoms. The van der Waals surface area contributed by atoms with Crippen molar-refractivity contribution in [3.63, 3.8) is 0 Å². The normalized spacial score (nSPS) is 42.2. The molecule has 0 radical (unpaired) electrons. The van der Waals surface area contributed by atoms with E-state index in [9.17, 15) is 8.42 Å². The lowest BCUT2D eigenvalue weighted by Crippen LogP contribution is -2.35. The molecule has 2 fully saturated rings. The summed E-state index contributed by atoms with van der Waals surface area (Å²) in [7, 11) is -3.00. The fourth-order valence-corrected chi connectivity index (χ4v) is 3.79. The number of hydrogen-bond donors (Lipinski definition) is 1. The van der Waals surface area contributed by atoms with Crippen LogP contribution in [0.3, 0.4) is 0 Å². The maximum Gasteiger partial charge on any atom is 0.163 e. The molecule has 5 nitrogen and oxygen atoms in total. The maximum atomic E-state index is 11.3. The van der Waals surface area contributed by atoms with Gasteiger partial charge in [-0.1, -0.05) is 0 Å². The Morgan fingerprint density at radius 1 is 1.31 bits per heavy atom. The molecule has 4 atom stereocenters. The first-order chi connectivity index (χ1) is 7.18. The number of ether oxygens (including phenoxy) is 2. The number of fused-ring (bicyclic) bond motifs is 1. The summed E-state index contributed by atoms with van der Waals surface area (Å²) < 4.78 is 34.0. The highest BCUT2D eigenvalue weighted by atomic mass is 32.2. The van der Waals surface area contributed by atoms with Gasteiger partial charge in [-0.25, -0.2) is 8.42 Å². The van der Waals surface area contributed by atoms with Gasteiger partial charge in [-0.15, -0.1) is 0 Å². The molecule has 2 aliphatic rings. The van der Waals surface area contributed by atoms with Crippen molar-refractivity contribution >= 4 is 9.84 Å². The lowest BCUT2D eigenvalue weighted by Gasteiger charge is -2.22. The SMILES string of the molecule is CC1(C)O[C@@H]2[C@@H](CS(C)(=O)=O)C[C@@H](N)[C@@H]2O1. The predicted molar refractivity (Wildman–Crippen MR) is 59.6 cm³/mol. The largest absolute Gasteiger partial charge is 0.344 e. The van der Waals surface area contributed by atoms with E-state index in [0.717, 1.165) is 0 Å². The van der Waals surface area contributed by atoms with Gasteiger partial charge in [-0.2, -0.15) is 0 Å². The molecule has 16 heavy (non-hydrogen) atoms. The standard InChI is InChI=1S/C10H19NO4S/c1-10(2)14-8-6(5-16(3,12)13)4-7(11)9(8)15-10/h6-9H,4-5,11H2,1-3H3/t6-,7-,8-,9+/m1/s1. The van der Waals surface area contributed by atoms with Crippen LogP contribution in [0.2, 0.25) is 0 Å². The van der Waals surface area contributed by atoms with Gasteiger partial charge in [0, 0.05) is 18.2 Å². The van der Waals surface area contributed by atoms with E-state index in [-0.39, 0.29) is 29.9 Å². The zero-order chi connectivity index (χ0) is 12.1. The summed E-state index contributed by atoms with van der Waals surface area (Å²) in [4.78, 5) is 0. The second-order valence-electron chi connectivity index (χ2n) is 5.32. The quantitative estimate of drug-likeness (QED) is 0.739. The van der Waals surface area contributed by atoms with Crippen LogP contribution >= 0.6 is 0 Å². The summed E-state index contributed by atoms with van der Waals surface area (Å²) in [5, 5.41) is 0. The molecule has 0 aromatic rings. The number of nitrogens with two attached hydrogens (primary N) is 1. The van der Waals surface area contributed by atoms with Crippen molar-refractivity contribution in [2.24, 2.45) is 11.7 Å². The minimum Gasteiger partial charge on any atom is -0.344 e. The Bertz CT molecular complexity index is 378. The van der Waals surface area contributed by atoms with E-state index in [4.69, 9.17) is 15.2 Å². The summed E-state index contributed by atoms with van der Waals surface area (Å²) in [5.41, 5.74) is 5.95. The molecule has 2 N–H and O–H groups in total. The molecule has 1 saturated carbocycles. The molecule has 0 bridgehead atoms. The van der Waals surface area contributed by atoms with E-state index < -0.39 is 15.6 Å². The molecule has 2 rings (SSSR count). The van der Waals surface area contributed by atoms with Crippen LogP contribution in [-0.4, -0.2) is 44.5 Å². The summed E-state index contributed by atoms with van der Waals surface area (Å²) in [6.45, 7) is 3.66. The van der Waals surface area contributed by atoms with Crippen LogP contribution in [-0.2, 0) is 19.3 Å². The molecule has 1 aliphatic heterocycles. The van der Waals surface area contributed by atoms with Gasteiger partial charge in [0.05, 0.1) is 11.9 Å². The van der Waals surface area contributed by atoms with Crippen molar-refractivity contribution in [1.82, 2.24) is 0 Å². The Morgan fingerprint density at radius 3 is 2.44 bits per heavy atom. The highest BCUT2D eigenvalue weighted by molar-refractivity contribution is 7.90. The molecular weight excluding hydrogens is 230 g/mol. The molecule has 1 saturated heterocycles. The molecule has 0 unspecified atom stereocenters. The Labute approximate surface area is 96.2 Å². The van der Waals surface area contributed by atoms with E-state index in [0.29, 0.717) is 6.42 Å². The summed E-state index contributed by atoms with van der Waals surface area (Å²) in [6, 6.07) is -0.126. The Morgan fingerprint density at radius 2 is 1.88 bits per heavy atom. The minimum atomic E-state index is -3.00. The first-order valence-electron chi connectivity index (χ1n) is 5.47. The van der Waals surface area contributed by atoms with Crippen LogP contribution in [0.4, 0.5) is 0 Å². The molecule has 0 aromatic heterocycles. The molecule has 1 heterocycles. The van der Waals surface area contributed by atoms with Crippen molar-refractivity contribution < 1.29 is 17.9 Å². The topological polar surface area (TPSA) is 78.6 Å². The predicted octanol–water partition coefficient (Wildman–Crippen LogP) is -0.102. The van der Waals surface area contributed by atoms with Crippen LogP contribution in [0, 0.1) is 5.92 Å². The zero-order valence-electron chi connectivity index (χ0n) is 9.84. The van der Waals surface area contributed by atoms with Gasteiger partial charge < -0.3 is 15.2 Å². The third-order valence-corrected chi connectivity index (χ3v) is 4.18. The highest BCUT2D eigenvalue weighted by Crippen LogP contribution is 2.41. The van der Waals surface area contributed by atoms with Gasteiger partial charge in [0.2, 0.25) is 0 Å². The van der Waals surface area contributed by atoms with Crippen molar-refractivity contribution in [3.05, 3.63) is 0 Å². The first-order valence-corrected chi connectivity index (χ1v) is 7.53. The number of rotatable bonds is 2. The van der Waals surface area contributed by atoms with Gasteiger partial charge in [0.15, 0.2) is 5.79 Å². The first kappa shape index (κ1) is 12.3. The Balaban J connectivity index is 2.13. The third-order valence-electron chi connectivity index (χ3n) is 3.14. The van der Waals surface area contributed by atoms with E-state index in [1.165, 1.54) is 6.26 Å². The van der Waals surface area contributed by atoms with E-state index in [1.807, 2.05) is 13.8 Å². The fraction of sp³-hybridized carbons (Fsp3) is 1.00. The van der Waals surface area contributed by atoms with E-state index in [2.05, 4.69) is 0 Å². The second-order valence-corrected chi connectivity index (χ2v) is 7.50. The second kappa shape index (κ2) is 3.66. The third kappa shape index (κ3) is 2.40. The highest BCUT2D eigenvalue weighted by Gasteiger charge is 2.53. The summed E-state index contributed by atoms with van der Waals surface area (Å²) in [6.07, 6.45) is 1.55. The zero-order valence-corrected chi connectivity index (χ0v) is 10.7. The van der Waals surface area contributed by atoms with Crippen LogP contribution in [0.5, 0.6) is 0 Å². The van der Waals surface area contributed by atoms with Crippen LogP contribution < -0.4 is 5.73 Å². The Hall–Kier alpha value is -0.170. The lowest BCUT2D eigenvalue weighted by molar-refractivity contribution is -0.156. The van der Waals surface area contributed by atoms with Crippen LogP contribution in [0.25, 0.3) is 0 Å².